The number of hydrogen-bond acceptors (Lipinski definition) is 5. The van der Waals surface area contributed by atoms with Gasteiger partial charge in [-0.2, -0.15) is 0 Å². The minimum absolute atomic E-state index is 0.0264. The molecule has 0 bridgehead atoms. The van der Waals surface area contributed by atoms with Crippen LogP contribution >= 0.6 is 0 Å². The van der Waals surface area contributed by atoms with Gasteiger partial charge in [-0.1, -0.05) is 0 Å². The summed E-state index contributed by atoms with van der Waals surface area (Å²) < 4.78 is 5.37. The van der Waals surface area contributed by atoms with Gasteiger partial charge in [0.15, 0.2) is 0 Å². The predicted molar refractivity (Wildman–Crippen MR) is 85.3 cm³/mol. The van der Waals surface area contributed by atoms with Gasteiger partial charge in [-0.05, 0) is 38.4 Å². The maximum Gasteiger partial charge on any atom is 0.319 e. The minimum atomic E-state index is -0.491. The number of rotatable bonds is 6. The number of likely N-dealkylation sites (N-methyl/N-ethyl adjacent to an activating group) is 1. The van der Waals surface area contributed by atoms with Crippen molar-refractivity contribution in [3.05, 3.63) is 58.5 Å². The summed E-state index contributed by atoms with van der Waals surface area (Å²) in [5.74, 6) is 0.755. The van der Waals surface area contributed by atoms with Crippen molar-refractivity contribution in [1.29, 1.82) is 0 Å². The smallest absolute Gasteiger partial charge is 0.319 e. The number of nitrogens with zero attached hydrogens (tertiary/aromatic N) is 2. The second kappa shape index (κ2) is 7.41. The van der Waals surface area contributed by atoms with Crippen LogP contribution in [0, 0.1) is 10.1 Å². The molecular formula is C15H18N4O4. The Labute approximate surface area is 133 Å². The Kier molecular flexibility index (Phi) is 5.32. The van der Waals surface area contributed by atoms with E-state index in [1.54, 1.807) is 12.3 Å². The first kappa shape index (κ1) is 16.5. The molecule has 8 heteroatoms. The molecule has 0 spiro atoms. The van der Waals surface area contributed by atoms with Crippen LogP contribution in [0.2, 0.25) is 0 Å². The number of nitro groups is 1. The van der Waals surface area contributed by atoms with E-state index in [-0.39, 0.29) is 11.7 Å². The predicted octanol–water partition coefficient (Wildman–Crippen LogP) is 2.61. The molecule has 0 aliphatic carbocycles. The Bertz CT molecular complexity index is 653. The average molecular weight is 318 g/mol. The number of benzene rings is 1. The summed E-state index contributed by atoms with van der Waals surface area (Å²) in [5, 5.41) is 16.0. The highest BCUT2D eigenvalue weighted by molar-refractivity contribution is 5.89. The van der Waals surface area contributed by atoms with Crippen LogP contribution in [0.4, 0.5) is 16.2 Å². The van der Waals surface area contributed by atoms with E-state index in [0.29, 0.717) is 12.2 Å². The van der Waals surface area contributed by atoms with E-state index < -0.39 is 11.0 Å². The molecule has 1 heterocycles. The van der Waals surface area contributed by atoms with Crippen LogP contribution in [-0.2, 0) is 0 Å². The van der Waals surface area contributed by atoms with Gasteiger partial charge < -0.3 is 15.1 Å². The first-order valence-electron chi connectivity index (χ1n) is 6.96. The van der Waals surface area contributed by atoms with E-state index in [2.05, 4.69) is 10.6 Å². The molecule has 1 aromatic heterocycles. The van der Waals surface area contributed by atoms with Crippen LogP contribution in [0.5, 0.6) is 0 Å². The van der Waals surface area contributed by atoms with Gasteiger partial charge in [-0.25, -0.2) is 4.79 Å². The molecule has 0 saturated carbocycles. The summed E-state index contributed by atoms with van der Waals surface area (Å²) in [6.45, 7) is 0.360. The second-order valence-corrected chi connectivity index (χ2v) is 5.13. The Morgan fingerprint density at radius 3 is 2.52 bits per heavy atom. The minimum Gasteiger partial charge on any atom is -0.468 e. The van der Waals surface area contributed by atoms with E-state index in [4.69, 9.17) is 4.42 Å². The third-order valence-electron chi connectivity index (χ3n) is 3.29. The van der Waals surface area contributed by atoms with Crippen LogP contribution < -0.4 is 10.6 Å². The monoisotopic (exact) mass is 318 g/mol. The topological polar surface area (TPSA) is 101 Å². The SMILES string of the molecule is CN(C)C(CNC(=O)Nc1ccc([N+](=O)[O-])cc1)c1ccco1. The molecule has 0 saturated heterocycles. The lowest BCUT2D eigenvalue weighted by atomic mass is 10.2. The number of amides is 2. The molecule has 2 rings (SSSR count). The van der Waals surface area contributed by atoms with Crippen LogP contribution in [-0.4, -0.2) is 36.5 Å². The van der Waals surface area contributed by atoms with Crippen molar-refractivity contribution in [1.82, 2.24) is 10.2 Å². The van der Waals surface area contributed by atoms with Gasteiger partial charge in [0.25, 0.3) is 5.69 Å². The zero-order valence-electron chi connectivity index (χ0n) is 12.9. The molecule has 8 nitrogen and oxygen atoms in total. The molecule has 2 aromatic rings. The van der Waals surface area contributed by atoms with Gasteiger partial charge in [0.2, 0.25) is 0 Å². The quantitative estimate of drug-likeness (QED) is 0.630. The molecule has 1 atom stereocenters. The Hall–Kier alpha value is -2.87. The van der Waals surface area contributed by atoms with E-state index in [1.807, 2.05) is 25.1 Å². The molecule has 1 unspecified atom stereocenters. The lowest BCUT2D eigenvalue weighted by Gasteiger charge is -2.22. The molecular weight excluding hydrogens is 300 g/mol. The highest BCUT2D eigenvalue weighted by atomic mass is 16.6. The van der Waals surface area contributed by atoms with Crippen molar-refractivity contribution < 1.29 is 14.1 Å². The zero-order valence-corrected chi connectivity index (χ0v) is 12.9. The molecule has 0 radical (unpaired) electrons. The van der Waals surface area contributed by atoms with Crippen LogP contribution in [0.3, 0.4) is 0 Å². The number of anilines is 1. The number of carbonyl (C=O) groups is 1. The van der Waals surface area contributed by atoms with Gasteiger partial charge in [0.1, 0.15) is 5.76 Å². The first-order valence-corrected chi connectivity index (χ1v) is 6.96. The van der Waals surface area contributed by atoms with E-state index in [0.717, 1.165) is 5.76 Å². The van der Waals surface area contributed by atoms with Gasteiger partial charge in [-0.15, -0.1) is 0 Å². The van der Waals surface area contributed by atoms with Crippen molar-refractivity contribution in [3.8, 4) is 0 Å². The number of non-ortho nitro benzene ring substituents is 1. The maximum absolute atomic E-state index is 11.9. The van der Waals surface area contributed by atoms with E-state index in [1.165, 1.54) is 24.3 Å². The normalized spacial score (nSPS) is 12.0. The number of nitro benzene ring substituents is 1. The number of carbonyl (C=O) groups excluding carboxylic acids is 1. The van der Waals surface area contributed by atoms with Gasteiger partial charge in [0, 0.05) is 24.4 Å². The van der Waals surface area contributed by atoms with Gasteiger partial charge >= 0.3 is 6.03 Å². The molecule has 1 aromatic carbocycles. The molecule has 2 amide bonds. The number of nitrogens with one attached hydrogen (secondary N) is 2. The summed E-state index contributed by atoms with van der Waals surface area (Å²) in [6.07, 6.45) is 1.59. The molecule has 0 aliphatic rings. The summed E-state index contributed by atoms with van der Waals surface area (Å²) >= 11 is 0. The van der Waals surface area contributed by atoms with Crippen LogP contribution in [0.1, 0.15) is 11.8 Å². The fourth-order valence-electron chi connectivity index (χ4n) is 2.05. The third-order valence-corrected chi connectivity index (χ3v) is 3.29. The van der Waals surface area contributed by atoms with Crippen molar-refractivity contribution in [2.75, 3.05) is 26.0 Å². The van der Waals surface area contributed by atoms with Crippen molar-refractivity contribution in [2.24, 2.45) is 0 Å². The van der Waals surface area contributed by atoms with Crippen LogP contribution in [0.25, 0.3) is 0 Å². The molecule has 0 aliphatic heterocycles. The van der Waals surface area contributed by atoms with E-state index >= 15 is 0 Å². The third kappa shape index (κ3) is 4.55. The fourth-order valence-corrected chi connectivity index (χ4v) is 2.05. The Balaban J connectivity index is 1.90. The average Bonchev–Trinajstić information content (AvgIpc) is 3.01. The van der Waals surface area contributed by atoms with Crippen molar-refractivity contribution >= 4 is 17.4 Å². The molecule has 2 N–H and O–H groups in total. The van der Waals surface area contributed by atoms with Crippen molar-refractivity contribution in [2.45, 2.75) is 6.04 Å². The lowest BCUT2D eigenvalue weighted by molar-refractivity contribution is -0.384. The van der Waals surface area contributed by atoms with Crippen molar-refractivity contribution in [3.63, 3.8) is 0 Å². The molecule has 23 heavy (non-hydrogen) atoms. The second-order valence-electron chi connectivity index (χ2n) is 5.13. The zero-order chi connectivity index (χ0) is 16.8. The Morgan fingerprint density at radius 2 is 2.00 bits per heavy atom. The number of furan rings is 1. The highest BCUT2D eigenvalue weighted by Gasteiger charge is 2.17. The fraction of sp³-hybridized carbons (Fsp3) is 0.267. The van der Waals surface area contributed by atoms with E-state index in [9.17, 15) is 14.9 Å². The maximum atomic E-state index is 11.9. The highest BCUT2D eigenvalue weighted by Crippen LogP contribution is 2.18. The summed E-state index contributed by atoms with van der Waals surface area (Å²) in [7, 11) is 3.78. The summed E-state index contributed by atoms with van der Waals surface area (Å²) in [5.41, 5.74) is 0.453. The Morgan fingerprint density at radius 1 is 1.30 bits per heavy atom. The lowest BCUT2D eigenvalue weighted by Crippen LogP contribution is -2.36. The summed E-state index contributed by atoms with van der Waals surface area (Å²) in [4.78, 5) is 23.9. The molecule has 0 fully saturated rings. The molecule has 122 valence electrons. The number of hydrogen-bond donors (Lipinski definition) is 2. The first-order chi connectivity index (χ1) is 11.0. The van der Waals surface area contributed by atoms with Gasteiger partial charge in [0.05, 0.1) is 17.2 Å². The summed E-state index contributed by atoms with van der Waals surface area (Å²) in [6, 6.07) is 8.79. The standard InChI is InChI=1S/C15H18N4O4/c1-18(2)13(14-4-3-9-23-14)10-16-15(20)17-11-5-7-12(8-6-11)19(21)22/h3-9,13H,10H2,1-2H3,(H2,16,17,20). The largest absolute Gasteiger partial charge is 0.468 e. The van der Waals surface area contributed by atoms with Gasteiger partial charge in [-0.3, -0.25) is 15.0 Å². The van der Waals surface area contributed by atoms with Crippen LogP contribution in [0.15, 0.2) is 47.1 Å². The number of urea groups is 1.